The molecule has 1 aromatic carbocycles. The van der Waals surface area contributed by atoms with E-state index < -0.39 is 0 Å². The van der Waals surface area contributed by atoms with E-state index >= 15 is 0 Å². The van der Waals surface area contributed by atoms with Crippen molar-refractivity contribution in [2.45, 2.75) is 32.5 Å². The number of hydrogen-bond acceptors (Lipinski definition) is 2. The molecule has 112 valence electrons. The van der Waals surface area contributed by atoms with E-state index in [4.69, 9.17) is 4.74 Å². The zero-order chi connectivity index (χ0) is 15.3. The summed E-state index contributed by atoms with van der Waals surface area (Å²) in [6, 6.07) is 6.13. The summed E-state index contributed by atoms with van der Waals surface area (Å²) in [5.41, 5.74) is 2.37. The third-order valence-corrected chi connectivity index (χ3v) is 4.54. The van der Waals surface area contributed by atoms with Crippen LogP contribution < -0.4 is 4.74 Å². The van der Waals surface area contributed by atoms with Crippen LogP contribution in [0.15, 0.2) is 18.2 Å². The standard InChI is InChI=1S/C16H24BrNO2/c1-11(2)15(17)16(19)18(5)6-7-20-14-9-12(3)8-13(4)10-14/h8-11,15H,6-7H2,1-5H3. The van der Waals surface area contributed by atoms with Crippen molar-refractivity contribution in [2.24, 2.45) is 5.92 Å². The first kappa shape index (κ1) is 17.0. The van der Waals surface area contributed by atoms with Gasteiger partial charge in [0.1, 0.15) is 12.4 Å². The minimum atomic E-state index is -0.131. The van der Waals surface area contributed by atoms with Crippen LogP contribution in [0.2, 0.25) is 0 Å². The van der Waals surface area contributed by atoms with Crippen molar-refractivity contribution in [3.8, 4) is 5.75 Å². The Morgan fingerprint density at radius 1 is 1.25 bits per heavy atom. The number of benzene rings is 1. The topological polar surface area (TPSA) is 29.5 Å². The van der Waals surface area contributed by atoms with Gasteiger partial charge < -0.3 is 9.64 Å². The lowest BCUT2D eigenvalue weighted by Crippen LogP contribution is -2.38. The number of nitrogens with zero attached hydrogens (tertiary/aromatic N) is 1. The number of carbonyl (C=O) groups is 1. The summed E-state index contributed by atoms with van der Waals surface area (Å²) in [6.45, 7) is 9.24. The average Bonchev–Trinajstić information content (AvgIpc) is 2.35. The van der Waals surface area contributed by atoms with E-state index in [1.165, 1.54) is 11.1 Å². The fraction of sp³-hybridized carbons (Fsp3) is 0.562. The molecular weight excluding hydrogens is 318 g/mol. The number of amides is 1. The van der Waals surface area contributed by atoms with Crippen molar-refractivity contribution in [1.82, 2.24) is 4.90 Å². The van der Waals surface area contributed by atoms with Crippen LogP contribution in [0.1, 0.15) is 25.0 Å². The summed E-state index contributed by atoms with van der Waals surface area (Å²) in [6.07, 6.45) is 0. The predicted molar refractivity (Wildman–Crippen MR) is 86.6 cm³/mol. The van der Waals surface area contributed by atoms with Crippen molar-refractivity contribution >= 4 is 21.8 Å². The number of rotatable bonds is 6. The Morgan fingerprint density at radius 2 is 1.80 bits per heavy atom. The fourth-order valence-corrected chi connectivity index (χ4v) is 2.27. The second kappa shape index (κ2) is 7.67. The van der Waals surface area contributed by atoms with E-state index in [1.54, 1.807) is 4.90 Å². The first-order valence-electron chi connectivity index (χ1n) is 6.91. The molecule has 0 aliphatic rings. The Bertz CT molecular complexity index is 440. The molecular formula is C16H24BrNO2. The molecule has 0 aromatic heterocycles. The van der Waals surface area contributed by atoms with Crippen LogP contribution in [0, 0.1) is 19.8 Å². The highest BCUT2D eigenvalue weighted by atomic mass is 79.9. The number of aryl methyl sites for hydroxylation is 2. The highest BCUT2D eigenvalue weighted by Gasteiger charge is 2.21. The lowest BCUT2D eigenvalue weighted by molar-refractivity contribution is -0.130. The minimum Gasteiger partial charge on any atom is -0.492 e. The van der Waals surface area contributed by atoms with Crippen molar-refractivity contribution in [3.05, 3.63) is 29.3 Å². The molecule has 1 atom stereocenters. The minimum absolute atomic E-state index is 0.101. The van der Waals surface area contributed by atoms with Crippen LogP contribution in [0.25, 0.3) is 0 Å². The molecule has 0 heterocycles. The van der Waals surface area contributed by atoms with E-state index in [9.17, 15) is 4.79 Å². The van der Waals surface area contributed by atoms with E-state index in [-0.39, 0.29) is 16.7 Å². The Hall–Kier alpha value is -1.03. The normalized spacial score (nSPS) is 12.3. The summed E-state index contributed by atoms with van der Waals surface area (Å²) < 4.78 is 5.72. The average molecular weight is 342 g/mol. The van der Waals surface area contributed by atoms with Gasteiger partial charge in [-0.1, -0.05) is 35.8 Å². The first-order valence-corrected chi connectivity index (χ1v) is 7.83. The molecule has 0 saturated carbocycles. The van der Waals surface area contributed by atoms with Gasteiger partial charge in [0.25, 0.3) is 0 Å². The predicted octanol–water partition coefficient (Wildman–Crippen LogP) is 3.56. The second-order valence-electron chi connectivity index (χ2n) is 5.58. The number of likely N-dealkylation sites (N-methyl/N-ethyl adjacent to an activating group) is 1. The summed E-state index contributed by atoms with van der Waals surface area (Å²) in [5, 5.41) is 0. The van der Waals surface area contributed by atoms with Gasteiger partial charge in [0.2, 0.25) is 5.91 Å². The summed E-state index contributed by atoms with van der Waals surface area (Å²) >= 11 is 3.43. The summed E-state index contributed by atoms with van der Waals surface area (Å²) in [4.78, 5) is 13.6. The third-order valence-electron chi connectivity index (χ3n) is 3.09. The van der Waals surface area contributed by atoms with Crippen molar-refractivity contribution in [2.75, 3.05) is 20.2 Å². The van der Waals surface area contributed by atoms with Gasteiger partial charge in [-0.25, -0.2) is 0 Å². The van der Waals surface area contributed by atoms with Gasteiger partial charge in [0, 0.05) is 7.05 Å². The van der Waals surface area contributed by atoms with Crippen LogP contribution in [-0.4, -0.2) is 35.8 Å². The van der Waals surface area contributed by atoms with Gasteiger partial charge in [-0.15, -0.1) is 0 Å². The van der Waals surface area contributed by atoms with Crippen molar-refractivity contribution < 1.29 is 9.53 Å². The number of alkyl halides is 1. The molecule has 20 heavy (non-hydrogen) atoms. The maximum atomic E-state index is 12.1. The molecule has 0 radical (unpaired) electrons. The monoisotopic (exact) mass is 341 g/mol. The number of hydrogen-bond donors (Lipinski definition) is 0. The van der Waals surface area contributed by atoms with Gasteiger partial charge >= 0.3 is 0 Å². The smallest absolute Gasteiger partial charge is 0.236 e. The molecule has 0 fully saturated rings. The largest absolute Gasteiger partial charge is 0.492 e. The number of carbonyl (C=O) groups excluding carboxylic acids is 1. The zero-order valence-corrected chi connectivity index (χ0v) is 14.5. The SMILES string of the molecule is Cc1cc(C)cc(OCCN(C)C(=O)C(Br)C(C)C)c1. The number of ether oxygens (including phenoxy) is 1. The molecule has 1 amide bonds. The zero-order valence-electron chi connectivity index (χ0n) is 12.9. The molecule has 3 nitrogen and oxygen atoms in total. The molecule has 4 heteroatoms. The fourth-order valence-electron chi connectivity index (χ4n) is 1.92. The Labute approximate surface area is 130 Å². The number of halogens is 1. The maximum Gasteiger partial charge on any atom is 0.236 e. The molecule has 1 aromatic rings. The Morgan fingerprint density at radius 3 is 2.30 bits per heavy atom. The van der Waals surface area contributed by atoms with Crippen LogP contribution >= 0.6 is 15.9 Å². The second-order valence-corrected chi connectivity index (χ2v) is 6.56. The molecule has 0 N–H and O–H groups in total. The van der Waals surface area contributed by atoms with E-state index in [2.05, 4.69) is 22.0 Å². The quantitative estimate of drug-likeness (QED) is 0.740. The van der Waals surface area contributed by atoms with Gasteiger partial charge in [0.05, 0.1) is 11.4 Å². The Balaban J connectivity index is 2.45. The molecule has 1 unspecified atom stereocenters. The first-order chi connectivity index (χ1) is 9.31. The van der Waals surface area contributed by atoms with Gasteiger partial charge in [-0.05, 0) is 43.0 Å². The van der Waals surface area contributed by atoms with E-state index in [0.29, 0.717) is 13.2 Å². The molecule has 0 spiro atoms. The van der Waals surface area contributed by atoms with Crippen LogP contribution in [0.3, 0.4) is 0 Å². The van der Waals surface area contributed by atoms with Crippen molar-refractivity contribution in [3.63, 3.8) is 0 Å². The molecule has 0 aliphatic heterocycles. The van der Waals surface area contributed by atoms with Crippen LogP contribution in [-0.2, 0) is 4.79 Å². The third kappa shape index (κ3) is 5.16. The lowest BCUT2D eigenvalue weighted by atomic mass is 10.1. The van der Waals surface area contributed by atoms with Crippen LogP contribution in [0.4, 0.5) is 0 Å². The van der Waals surface area contributed by atoms with Gasteiger partial charge in [0.15, 0.2) is 0 Å². The highest BCUT2D eigenvalue weighted by molar-refractivity contribution is 9.10. The van der Waals surface area contributed by atoms with Gasteiger partial charge in [-0.3, -0.25) is 4.79 Å². The maximum absolute atomic E-state index is 12.1. The highest BCUT2D eigenvalue weighted by Crippen LogP contribution is 2.17. The van der Waals surface area contributed by atoms with E-state index in [0.717, 1.165) is 5.75 Å². The molecule has 1 rings (SSSR count). The van der Waals surface area contributed by atoms with Crippen LogP contribution in [0.5, 0.6) is 5.75 Å². The van der Waals surface area contributed by atoms with Crippen molar-refractivity contribution in [1.29, 1.82) is 0 Å². The lowest BCUT2D eigenvalue weighted by Gasteiger charge is -2.22. The molecule has 0 aliphatic carbocycles. The molecule has 0 bridgehead atoms. The summed E-state index contributed by atoms with van der Waals surface area (Å²) in [7, 11) is 1.81. The van der Waals surface area contributed by atoms with E-state index in [1.807, 2.05) is 46.9 Å². The van der Waals surface area contributed by atoms with Gasteiger partial charge in [-0.2, -0.15) is 0 Å². The summed E-state index contributed by atoms with van der Waals surface area (Å²) in [5.74, 6) is 1.25. The molecule has 0 saturated heterocycles. The Kier molecular flexibility index (Phi) is 6.53.